The maximum Gasteiger partial charge on any atom is 0.148 e. The molecule has 0 N–H and O–H groups in total. The van der Waals surface area contributed by atoms with E-state index >= 15 is 0 Å². The molecular formula is C23H16Br2FNO2. The smallest absolute Gasteiger partial charge is 0.148 e. The summed E-state index contributed by atoms with van der Waals surface area (Å²) in [7, 11) is 1.60. The van der Waals surface area contributed by atoms with E-state index in [2.05, 4.69) is 37.9 Å². The zero-order valence-electron chi connectivity index (χ0n) is 15.5. The highest BCUT2D eigenvalue weighted by Gasteiger charge is 2.10. The maximum atomic E-state index is 13.3. The molecule has 29 heavy (non-hydrogen) atoms. The second-order valence-electron chi connectivity index (χ2n) is 6.13. The predicted octanol–water partition coefficient (Wildman–Crippen LogP) is 7.00. The number of hydrogen-bond acceptors (Lipinski definition) is 3. The van der Waals surface area contributed by atoms with Gasteiger partial charge in [-0.2, -0.15) is 5.26 Å². The molecule has 0 unspecified atom stereocenters. The van der Waals surface area contributed by atoms with Gasteiger partial charge in [0.2, 0.25) is 0 Å². The highest BCUT2D eigenvalue weighted by atomic mass is 79.9. The van der Waals surface area contributed by atoms with E-state index in [0.29, 0.717) is 11.3 Å². The van der Waals surface area contributed by atoms with Crippen molar-refractivity contribution in [1.82, 2.24) is 0 Å². The Balaban J connectivity index is 1.83. The number of nitrogens with zero attached hydrogens (tertiary/aromatic N) is 1. The van der Waals surface area contributed by atoms with Crippen LogP contribution in [0.5, 0.6) is 11.5 Å². The topological polar surface area (TPSA) is 42.2 Å². The van der Waals surface area contributed by atoms with Crippen molar-refractivity contribution >= 4 is 43.5 Å². The fourth-order valence-electron chi connectivity index (χ4n) is 2.70. The number of benzene rings is 3. The van der Waals surface area contributed by atoms with E-state index in [4.69, 9.17) is 9.47 Å². The van der Waals surface area contributed by atoms with Crippen LogP contribution in [0.15, 0.2) is 69.6 Å². The minimum absolute atomic E-state index is 0.236. The third kappa shape index (κ3) is 5.47. The van der Waals surface area contributed by atoms with Crippen LogP contribution in [-0.2, 0) is 6.61 Å². The summed E-state index contributed by atoms with van der Waals surface area (Å²) >= 11 is 7.03. The van der Waals surface area contributed by atoms with Gasteiger partial charge in [-0.1, -0.05) is 12.1 Å². The summed E-state index contributed by atoms with van der Waals surface area (Å²) in [5.74, 6) is 1.04. The summed E-state index contributed by atoms with van der Waals surface area (Å²) in [4.78, 5) is 0. The van der Waals surface area contributed by atoms with Crippen molar-refractivity contribution in [2.75, 3.05) is 7.11 Å². The van der Waals surface area contributed by atoms with Crippen molar-refractivity contribution in [1.29, 1.82) is 5.26 Å². The summed E-state index contributed by atoms with van der Waals surface area (Å²) in [6.45, 7) is 0.236. The fraction of sp³-hybridized carbons (Fsp3) is 0.0870. The van der Waals surface area contributed by atoms with E-state index in [9.17, 15) is 9.65 Å². The van der Waals surface area contributed by atoms with Gasteiger partial charge in [0.15, 0.2) is 0 Å². The number of nitriles is 1. The monoisotopic (exact) mass is 515 g/mol. The molecule has 3 rings (SSSR count). The van der Waals surface area contributed by atoms with E-state index in [1.165, 1.54) is 12.1 Å². The second-order valence-corrected chi connectivity index (χ2v) is 7.84. The normalized spacial score (nSPS) is 11.1. The molecule has 0 saturated heterocycles. The first kappa shape index (κ1) is 21.1. The molecule has 0 aliphatic rings. The number of rotatable bonds is 6. The Kier molecular flexibility index (Phi) is 7.08. The Hall–Kier alpha value is -2.62. The summed E-state index contributed by atoms with van der Waals surface area (Å²) in [5, 5.41) is 9.56. The molecular weight excluding hydrogens is 501 g/mol. The molecule has 0 radical (unpaired) electrons. The first-order chi connectivity index (χ1) is 14.0. The molecule has 6 heteroatoms. The van der Waals surface area contributed by atoms with Crippen LogP contribution in [0.4, 0.5) is 4.39 Å². The van der Waals surface area contributed by atoms with Gasteiger partial charge in [-0.3, -0.25) is 0 Å². The van der Waals surface area contributed by atoms with Crippen LogP contribution >= 0.6 is 31.9 Å². The van der Waals surface area contributed by atoms with Gasteiger partial charge in [-0.25, -0.2) is 4.39 Å². The molecule has 0 fully saturated rings. The van der Waals surface area contributed by atoms with Crippen LogP contribution in [0.25, 0.3) is 11.6 Å². The Bertz CT molecular complexity index is 1070. The molecule has 0 bridgehead atoms. The Labute approximate surface area is 185 Å². The lowest BCUT2D eigenvalue weighted by Crippen LogP contribution is -1.98. The minimum Gasteiger partial charge on any atom is -0.497 e. The van der Waals surface area contributed by atoms with Crippen LogP contribution in [-0.4, -0.2) is 7.11 Å². The summed E-state index contributed by atoms with van der Waals surface area (Å²) in [6, 6.07) is 19.6. The van der Waals surface area contributed by atoms with Gasteiger partial charge in [-0.15, -0.1) is 0 Å². The van der Waals surface area contributed by atoms with Crippen molar-refractivity contribution in [3.05, 3.63) is 92.1 Å². The van der Waals surface area contributed by atoms with Crippen LogP contribution in [0, 0.1) is 17.1 Å². The van der Waals surface area contributed by atoms with Crippen LogP contribution in [0.1, 0.15) is 16.7 Å². The standard InChI is InChI=1S/C23H16Br2FNO2/c1-28-20-7-5-17(6-8-20)18(13-27)9-16-11-21(24)23(22(25)12-16)29-14-15-3-2-4-19(26)10-15/h2-12H,14H2,1H3/b18-9+. The van der Waals surface area contributed by atoms with Crippen LogP contribution in [0.3, 0.4) is 0 Å². The zero-order chi connectivity index (χ0) is 20.8. The fourth-order valence-corrected chi connectivity index (χ4v) is 4.15. The zero-order valence-corrected chi connectivity index (χ0v) is 18.6. The number of halogens is 3. The maximum absolute atomic E-state index is 13.3. The average molecular weight is 517 g/mol. The number of methoxy groups -OCH3 is 1. The third-order valence-electron chi connectivity index (χ3n) is 4.13. The van der Waals surface area contributed by atoms with Crippen molar-refractivity contribution in [3.63, 3.8) is 0 Å². The summed E-state index contributed by atoms with van der Waals surface area (Å²) in [5.41, 5.74) is 2.89. The SMILES string of the molecule is COc1ccc(/C(C#N)=C/c2cc(Br)c(OCc3cccc(F)c3)c(Br)c2)cc1. The second kappa shape index (κ2) is 9.73. The molecule has 0 amide bonds. The molecule has 3 aromatic carbocycles. The number of ether oxygens (including phenoxy) is 2. The van der Waals surface area contributed by atoms with Gasteiger partial charge in [0.1, 0.15) is 23.9 Å². The summed E-state index contributed by atoms with van der Waals surface area (Å²) < 4.78 is 25.8. The first-order valence-electron chi connectivity index (χ1n) is 8.62. The average Bonchev–Trinajstić information content (AvgIpc) is 2.71. The summed E-state index contributed by atoms with van der Waals surface area (Å²) in [6.07, 6.45) is 1.80. The molecule has 0 spiro atoms. The lowest BCUT2D eigenvalue weighted by Gasteiger charge is -2.12. The Morgan fingerprint density at radius 3 is 2.34 bits per heavy atom. The third-order valence-corrected chi connectivity index (χ3v) is 5.30. The molecule has 0 saturated carbocycles. The highest BCUT2D eigenvalue weighted by Crippen LogP contribution is 2.36. The quantitative estimate of drug-likeness (QED) is 0.261. The molecule has 3 aromatic rings. The van der Waals surface area contributed by atoms with Gasteiger partial charge in [-0.05, 0) is 103 Å². The van der Waals surface area contributed by atoms with E-state index in [1.807, 2.05) is 36.4 Å². The van der Waals surface area contributed by atoms with Gasteiger partial charge in [0.25, 0.3) is 0 Å². The van der Waals surface area contributed by atoms with Crippen molar-refractivity contribution in [2.45, 2.75) is 6.61 Å². The molecule has 0 aliphatic carbocycles. The van der Waals surface area contributed by atoms with Gasteiger partial charge in [0, 0.05) is 0 Å². The largest absolute Gasteiger partial charge is 0.497 e. The van der Waals surface area contributed by atoms with E-state index in [0.717, 1.165) is 31.4 Å². The number of hydrogen-bond donors (Lipinski definition) is 0. The van der Waals surface area contributed by atoms with Gasteiger partial charge in [0.05, 0.1) is 27.7 Å². The lowest BCUT2D eigenvalue weighted by molar-refractivity contribution is 0.301. The molecule has 146 valence electrons. The lowest BCUT2D eigenvalue weighted by atomic mass is 10.0. The van der Waals surface area contributed by atoms with Crippen molar-refractivity contribution in [2.24, 2.45) is 0 Å². The molecule has 0 aliphatic heterocycles. The van der Waals surface area contributed by atoms with Crippen molar-refractivity contribution < 1.29 is 13.9 Å². The van der Waals surface area contributed by atoms with Crippen molar-refractivity contribution in [3.8, 4) is 17.6 Å². The van der Waals surface area contributed by atoms with E-state index in [1.54, 1.807) is 25.3 Å². The van der Waals surface area contributed by atoms with Gasteiger partial charge >= 0.3 is 0 Å². The molecule has 0 heterocycles. The Morgan fingerprint density at radius 1 is 1.07 bits per heavy atom. The van der Waals surface area contributed by atoms with E-state index in [-0.39, 0.29) is 12.4 Å². The predicted molar refractivity (Wildman–Crippen MR) is 119 cm³/mol. The first-order valence-corrected chi connectivity index (χ1v) is 10.2. The van der Waals surface area contributed by atoms with Gasteiger partial charge < -0.3 is 9.47 Å². The van der Waals surface area contributed by atoms with Crippen LogP contribution in [0.2, 0.25) is 0 Å². The Morgan fingerprint density at radius 2 is 1.76 bits per heavy atom. The molecule has 3 nitrogen and oxygen atoms in total. The minimum atomic E-state index is -0.299. The molecule has 0 aromatic heterocycles. The molecule has 0 atom stereocenters. The van der Waals surface area contributed by atoms with E-state index < -0.39 is 0 Å². The number of allylic oxidation sites excluding steroid dienone is 1. The van der Waals surface area contributed by atoms with Crippen LogP contribution < -0.4 is 9.47 Å². The highest BCUT2D eigenvalue weighted by molar-refractivity contribution is 9.11.